The van der Waals surface area contributed by atoms with Crippen molar-refractivity contribution in [3.8, 4) is 5.75 Å². The van der Waals surface area contributed by atoms with Crippen LogP contribution in [-0.2, 0) is 6.42 Å². The third-order valence-corrected chi connectivity index (χ3v) is 2.84. The fourth-order valence-corrected chi connectivity index (χ4v) is 2.08. The van der Waals surface area contributed by atoms with E-state index >= 15 is 0 Å². The molecule has 3 heteroatoms. The molecule has 1 aliphatic rings. The van der Waals surface area contributed by atoms with E-state index in [1.165, 1.54) is 0 Å². The van der Waals surface area contributed by atoms with Crippen molar-refractivity contribution >= 4 is 5.69 Å². The van der Waals surface area contributed by atoms with Crippen LogP contribution in [0.5, 0.6) is 5.75 Å². The molecule has 5 N–H and O–H groups in total. The fraction of sp³-hybridized carbons (Fsp3) is 0.400. The summed E-state index contributed by atoms with van der Waals surface area (Å²) in [6.07, 6.45) is 1.91. The number of benzene rings is 1. The number of phenolic OH excluding ortho intramolecular Hbond substituents is 1. The van der Waals surface area contributed by atoms with Crippen molar-refractivity contribution < 1.29 is 5.11 Å². The van der Waals surface area contributed by atoms with E-state index in [9.17, 15) is 5.11 Å². The molecule has 0 aliphatic heterocycles. The second-order valence-electron chi connectivity index (χ2n) is 3.65. The third-order valence-electron chi connectivity index (χ3n) is 2.84. The number of nitrogens with two attached hydrogens (primary N) is 2. The van der Waals surface area contributed by atoms with E-state index in [-0.39, 0.29) is 11.8 Å². The van der Waals surface area contributed by atoms with Crippen molar-refractivity contribution in [2.45, 2.75) is 25.8 Å². The molecule has 0 aromatic heterocycles. The minimum Gasteiger partial charge on any atom is -0.506 e. The van der Waals surface area contributed by atoms with Crippen molar-refractivity contribution in [2.24, 2.45) is 5.73 Å². The van der Waals surface area contributed by atoms with Crippen LogP contribution in [0.3, 0.4) is 0 Å². The SMILES string of the molecule is Cc1c(N)c(O)cc2c1[C@H](N)CC2. The van der Waals surface area contributed by atoms with Gasteiger partial charge in [0.1, 0.15) is 5.75 Å². The van der Waals surface area contributed by atoms with Gasteiger partial charge < -0.3 is 16.6 Å². The molecule has 13 heavy (non-hydrogen) atoms. The van der Waals surface area contributed by atoms with E-state index < -0.39 is 0 Å². The number of rotatable bonds is 0. The monoisotopic (exact) mass is 178 g/mol. The predicted octanol–water partition coefficient (Wildman–Crippen LogP) is 1.23. The highest BCUT2D eigenvalue weighted by Gasteiger charge is 2.23. The number of hydrogen-bond acceptors (Lipinski definition) is 3. The molecule has 1 aromatic rings. The van der Waals surface area contributed by atoms with E-state index in [0.717, 1.165) is 29.5 Å². The molecule has 3 nitrogen and oxygen atoms in total. The van der Waals surface area contributed by atoms with Crippen molar-refractivity contribution in [3.05, 3.63) is 22.8 Å². The Balaban J connectivity index is 2.68. The lowest BCUT2D eigenvalue weighted by molar-refractivity contribution is 0.477. The first-order chi connectivity index (χ1) is 6.11. The van der Waals surface area contributed by atoms with E-state index in [0.29, 0.717) is 5.69 Å². The van der Waals surface area contributed by atoms with Gasteiger partial charge >= 0.3 is 0 Å². The maximum atomic E-state index is 9.48. The fourth-order valence-electron chi connectivity index (χ4n) is 2.08. The van der Waals surface area contributed by atoms with Crippen LogP contribution >= 0.6 is 0 Å². The van der Waals surface area contributed by atoms with Gasteiger partial charge in [0.2, 0.25) is 0 Å². The molecular formula is C10H14N2O. The zero-order chi connectivity index (χ0) is 9.59. The second-order valence-corrected chi connectivity index (χ2v) is 3.65. The molecule has 0 radical (unpaired) electrons. The van der Waals surface area contributed by atoms with Crippen LogP contribution in [0.25, 0.3) is 0 Å². The molecular weight excluding hydrogens is 164 g/mol. The maximum Gasteiger partial charge on any atom is 0.139 e. The average Bonchev–Trinajstić information content (AvgIpc) is 2.43. The summed E-state index contributed by atoms with van der Waals surface area (Å²) in [5, 5.41) is 9.48. The molecule has 1 aromatic carbocycles. The first-order valence-corrected chi connectivity index (χ1v) is 4.47. The lowest BCUT2D eigenvalue weighted by Gasteiger charge is -2.12. The Hall–Kier alpha value is -1.22. The lowest BCUT2D eigenvalue weighted by Crippen LogP contribution is -2.08. The van der Waals surface area contributed by atoms with Crippen LogP contribution in [0.4, 0.5) is 5.69 Å². The summed E-state index contributed by atoms with van der Waals surface area (Å²) in [6.45, 7) is 1.92. The van der Waals surface area contributed by atoms with Gasteiger partial charge in [-0.15, -0.1) is 0 Å². The Bertz CT molecular complexity index is 360. The number of hydrogen-bond donors (Lipinski definition) is 3. The van der Waals surface area contributed by atoms with Gasteiger partial charge in [0.05, 0.1) is 5.69 Å². The van der Waals surface area contributed by atoms with E-state index in [2.05, 4.69) is 0 Å². The number of phenols is 1. The molecule has 0 spiro atoms. The topological polar surface area (TPSA) is 72.3 Å². The molecule has 0 saturated heterocycles. The smallest absolute Gasteiger partial charge is 0.139 e. The number of fused-ring (bicyclic) bond motifs is 1. The van der Waals surface area contributed by atoms with Crippen LogP contribution in [0, 0.1) is 6.92 Å². The first kappa shape index (κ1) is 8.38. The molecule has 70 valence electrons. The highest BCUT2D eigenvalue weighted by molar-refractivity contribution is 5.64. The predicted molar refractivity (Wildman–Crippen MR) is 52.5 cm³/mol. The molecule has 0 amide bonds. The zero-order valence-electron chi connectivity index (χ0n) is 7.67. The van der Waals surface area contributed by atoms with Crippen LogP contribution in [0.2, 0.25) is 0 Å². The van der Waals surface area contributed by atoms with Crippen molar-refractivity contribution in [2.75, 3.05) is 5.73 Å². The molecule has 1 aliphatic carbocycles. The van der Waals surface area contributed by atoms with Crippen LogP contribution < -0.4 is 11.5 Å². The quantitative estimate of drug-likeness (QED) is 0.413. The molecule has 0 bridgehead atoms. The Labute approximate surface area is 77.4 Å². The Kier molecular flexibility index (Phi) is 1.70. The van der Waals surface area contributed by atoms with Gasteiger partial charge in [0, 0.05) is 6.04 Å². The highest BCUT2D eigenvalue weighted by atomic mass is 16.3. The Morgan fingerprint density at radius 2 is 2.23 bits per heavy atom. The minimum atomic E-state index is 0.0953. The van der Waals surface area contributed by atoms with Crippen molar-refractivity contribution in [1.29, 1.82) is 0 Å². The maximum absolute atomic E-state index is 9.48. The van der Waals surface area contributed by atoms with E-state index in [1.54, 1.807) is 6.07 Å². The zero-order valence-corrected chi connectivity index (χ0v) is 7.67. The van der Waals surface area contributed by atoms with Crippen LogP contribution in [0.1, 0.15) is 29.2 Å². The second kappa shape index (κ2) is 2.64. The van der Waals surface area contributed by atoms with Gasteiger partial charge in [-0.2, -0.15) is 0 Å². The first-order valence-electron chi connectivity index (χ1n) is 4.47. The molecule has 0 heterocycles. The average molecular weight is 178 g/mol. The molecule has 2 rings (SSSR count). The summed E-state index contributed by atoms with van der Waals surface area (Å²) < 4.78 is 0. The number of nitrogen functional groups attached to an aromatic ring is 1. The molecule has 0 saturated carbocycles. The number of aromatic hydroxyl groups is 1. The van der Waals surface area contributed by atoms with Crippen molar-refractivity contribution in [3.63, 3.8) is 0 Å². The largest absolute Gasteiger partial charge is 0.506 e. The molecule has 1 atom stereocenters. The van der Waals surface area contributed by atoms with E-state index in [1.807, 2.05) is 6.92 Å². The summed E-state index contributed by atoms with van der Waals surface area (Å²) in [6, 6.07) is 1.84. The van der Waals surface area contributed by atoms with Gasteiger partial charge in [-0.25, -0.2) is 0 Å². The summed E-state index contributed by atoms with van der Waals surface area (Å²) in [5.41, 5.74) is 15.3. The van der Waals surface area contributed by atoms with Gasteiger partial charge in [0.25, 0.3) is 0 Å². The summed E-state index contributed by atoms with van der Waals surface area (Å²) in [7, 11) is 0. The Morgan fingerprint density at radius 3 is 2.92 bits per heavy atom. The van der Waals surface area contributed by atoms with E-state index in [4.69, 9.17) is 11.5 Å². The molecule has 0 fully saturated rings. The van der Waals surface area contributed by atoms with Crippen molar-refractivity contribution in [1.82, 2.24) is 0 Å². The van der Waals surface area contributed by atoms with Crippen LogP contribution in [-0.4, -0.2) is 5.11 Å². The standard InChI is InChI=1S/C10H14N2O/c1-5-9-6(2-3-7(9)11)4-8(13)10(5)12/h4,7,13H,2-3,11-12H2,1H3/t7-/m1/s1. The summed E-state index contributed by atoms with van der Waals surface area (Å²) in [4.78, 5) is 0. The number of anilines is 1. The summed E-state index contributed by atoms with van der Waals surface area (Å²) in [5.74, 6) is 0.186. The van der Waals surface area contributed by atoms with Gasteiger partial charge in [-0.3, -0.25) is 0 Å². The molecule has 0 unspecified atom stereocenters. The lowest BCUT2D eigenvalue weighted by atomic mass is 10.00. The van der Waals surface area contributed by atoms with Gasteiger partial charge in [-0.1, -0.05) is 0 Å². The Morgan fingerprint density at radius 1 is 1.54 bits per heavy atom. The normalized spacial score (nSPS) is 20.3. The third kappa shape index (κ3) is 1.08. The minimum absolute atomic E-state index is 0.0953. The highest BCUT2D eigenvalue weighted by Crippen LogP contribution is 2.38. The van der Waals surface area contributed by atoms with Crippen LogP contribution in [0.15, 0.2) is 6.07 Å². The number of aryl methyl sites for hydroxylation is 1. The van der Waals surface area contributed by atoms with Gasteiger partial charge in [-0.05, 0) is 42.5 Å². The summed E-state index contributed by atoms with van der Waals surface area (Å²) >= 11 is 0. The van der Waals surface area contributed by atoms with Gasteiger partial charge in [0.15, 0.2) is 0 Å².